The van der Waals surface area contributed by atoms with Gasteiger partial charge in [0.2, 0.25) is 16.0 Å². The Morgan fingerprint density at radius 1 is 1.15 bits per heavy atom. The molecule has 0 atom stereocenters. The van der Waals surface area contributed by atoms with E-state index >= 15 is 0 Å². The minimum atomic E-state index is -3.67. The van der Waals surface area contributed by atoms with Crippen LogP contribution in [0, 0.1) is 0 Å². The van der Waals surface area contributed by atoms with E-state index in [1.807, 2.05) is 23.6 Å². The largest absolute Gasteiger partial charge is 0.352 e. The summed E-state index contributed by atoms with van der Waals surface area (Å²) in [5, 5.41) is 11.2. The maximum absolute atomic E-state index is 11.3. The summed E-state index contributed by atoms with van der Waals surface area (Å²) < 4.78 is 22.6. The minimum absolute atomic E-state index is 0.0969. The fourth-order valence-corrected chi connectivity index (χ4v) is 3.73. The molecule has 9 heteroatoms. The van der Waals surface area contributed by atoms with Crippen molar-refractivity contribution in [2.45, 2.75) is 11.4 Å². The van der Waals surface area contributed by atoms with Crippen LogP contribution in [0.1, 0.15) is 5.56 Å². The summed E-state index contributed by atoms with van der Waals surface area (Å²) >= 11 is 1.59. The van der Waals surface area contributed by atoms with Gasteiger partial charge in [0.05, 0.1) is 15.9 Å². The molecule has 2 aromatic heterocycles. The molecule has 0 aliphatic heterocycles. The molecule has 2 heterocycles. The molecule has 0 aliphatic rings. The van der Waals surface area contributed by atoms with Crippen molar-refractivity contribution in [3.63, 3.8) is 0 Å². The molecule has 0 bridgehead atoms. The number of H-pyrrole nitrogens is 1. The molecule has 4 N–H and O–H groups in total. The molecule has 0 radical (unpaired) electrons. The van der Waals surface area contributed by atoms with Gasteiger partial charge in [-0.25, -0.2) is 23.5 Å². The Kier molecular flexibility index (Phi) is 4.19. The first-order chi connectivity index (χ1) is 12.5. The van der Waals surface area contributed by atoms with Gasteiger partial charge in [0.1, 0.15) is 5.01 Å². The molecule has 0 aliphatic carbocycles. The summed E-state index contributed by atoms with van der Waals surface area (Å²) in [7, 11) is -3.67. The third-order valence-corrected chi connectivity index (χ3v) is 5.62. The van der Waals surface area contributed by atoms with Gasteiger partial charge in [-0.2, -0.15) is 0 Å². The highest BCUT2D eigenvalue weighted by atomic mass is 32.2. The minimum Gasteiger partial charge on any atom is -0.352 e. The average molecular weight is 385 g/mol. The number of aromatic nitrogens is 3. The normalized spacial score (nSPS) is 11.7. The van der Waals surface area contributed by atoms with Crippen molar-refractivity contribution in [3.05, 3.63) is 59.6 Å². The first-order valence-corrected chi connectivity index (χ1v) is 10.2. The summed E-state index contributed by atoms with van der Waals surface area (Å²) in [6.07, 6.45) is 1.78. The zero-order chi connectivity index (χ0) is 18.1. The molecule has 4 rings (SSSR count). The average Bonchev–Trinajstić information content (AvgIpc) is 3.28. The number of hydrogen-bond acceptors (Lipinski definition) is 6. The van der Waals surface area contributed by atoms with Gasteiger partial charge in [-0.05, 0) is 35.9 Å². The fourth-order valence-electron chi connectivity index (χ4n) is 2.58. The van der Waals surface area contributed by atoms with Crippen LogP contribution in [0.3, 0.4) is 0 Å². The van der Waals surface area contributed by atoms with Gasteiger partial charge < -0.3 is 10.3 Å². The molecule has 4 aromatic rings. The summed E-state index contributed by atoms with van der Waals surface area (Å²) in [6.45, 7) is 0.504. The predicted molar refractivity (Wildman–Crippen MR) is 102 cm³/mol. The number of aromatic amines is 1. The van der Waals surface area contributed by atoms with Crippen molar-refractivity contribution in [1.82, 2.24) is 15.0 Å². The molecule has 26 heavy (non-hydrogen) atoms. The number of imidazole rings is 1. The highest BCUT2D eigenvalue weighted by Gasteiger charge is 2.08. The monoisotopic (exact) mass is 385 g/mol. The van der Waals surface area contributed by atoms with E-state index < -0.39 is 10.0 Å². The molecule has 7 nitrogen and oxygen atoms in total. The Hall–Kier alpha value is -2.75. The van der Waals surface area contributed by atoms with Crippen LogP contribution in [-0.4, -0.2) is 23.4 Å². The van der Waals surface area contributed by atoms with Crippen LogP contribution in [0.15, 0.2) is 58.9 Å². The van der Waals surface area contributed by atoms with E-state index in [4.69, 9.17) is 5.14 Å². The molecule has 0 saturated heterocycles. The van der Waals surface area contributed by atoms with Crippen molar-refractivity contribution < 1.29 is 8.42 Å². The highest BCUT2D eigenvalue weighted by molar-refractivity contribution is 7.89. The highest BCUT2D eigenvalue weighted by Crippen LogP contribution is 2.25. The first-order valence-electron chi connectivity index (χ1n) is 7.74. The third kappa shape index (κ3) is 3.45. The second-order valence-corrected chi connectivity index (χ2v) is 8.15. The SMILES string of the molecule is NS(=O)(=O)c1ccc(CNc2nc3ccc(-c4nccs4)cc3[nH]2)cc1. The maximum atomic E-state index is 11.3. The molecule has 0 fully saturated rings. The van der Waals surface area contributed by atoms with Crippen LogP contribution < -0.4 is 10.5 Å². The van der Waals surface area contributed by atoms with Crippen LogP contribution in [-0.2, 0) is 16.6 Å². The van der Waals surface area contributed by atoms with Gasteiger partial charge in [0.15, 0.2) is 0 Å². The van der Waals surface area contributed by atoms with Crippen LogP contribution >= 0.6 is 11.3 Å². The number of benzene rings is 2. The lowest BCUT2D eigenvalue weighted by molar-refractivity contribution is 0.598. The number of sulfonamides is 1. The molecule has 2 aromatic carbocycles. The summed E-state index contributed by atoms with van der Waals surface area (Å²) in [5.74, 6) is 0.645. The number of hydrogen-bond donors (Lipinski definition) is 3. The van der Waals surface area contributed by atoms with E-state index in [0.29, 0.717) is 12.5 Å². The number of nitrogens with zero attached hydrogens (tertiary/aromatic N) is 2. The lowest BCUT2D eigenvalue weighted by Crippen LogP contribution is -2.12. The van der Waals surface area contributed by atoms with E-state index in [1.165, 1.54) is 12.1 Å². The number of fused-ring (bicyclic) bond motifs is 1. The molecular formula is C17H15N5O2S2. The lowest BCUT2D eigenvalue weighted by atomic mass is 10.2. The topological polar surface area (TPSA) is 114 Å². The zero-order valence-electron chi connectivity index (χ0n) is 13.5. The van der Waals surface area contributed by atoms with Gasteiger partial charge >= 0.3 is 0 Å². The number of nitrogens with one attached hydrogen (secondary N) is 2. The van der Waals surface area contributed by atoms with Crippen molar-refractivity contribution in [1.29, 1.82) is 0 Å². The number of primary sulfonamides is 1. The molecule has 0 amide bonds. The van der Waals surface area contributed by atoms with E-state index in [0.717, 1.165) is 27.2 Å². The van der Waals surface area contributed by atoms with Gasteiger partial charge in [-0.15, -0.1) is 11.3 Å². The van der Waals surface area contributed by atoms with Gasteiger partial charge in [0, 0.05) is 23.7 Å². The van der Waals surface area contributed by atoms with Gasteiger partial charge in [-0.3, -0.25) is 0 Å². The van der Waals surface area contributed by atoms with Crippen molar-refractivity contribution in [3.8, 4) is 10.6 Å². The fraction of sp³-hybridized carbons (Fsp3) is 0.0588. The number of anilines is 1. The van der Waals surface area contributed by atoms with Crippen molar-refractivity contribution >= 4 is 38.3 Å². The quantitative estimate of drug-likeness (QED) is 0.489. The number of rotatable bonds is 5. The Morgan fingerprint density at radius 2 is 1.96 bits per heavy atom. The van der Waals surface area contributed by atoms with E-state index in [9.17, 15) is 8.42 Å². The molecular weight excluding hydrogens is 370 g/mol. The molecule has 132 valence electrons. The van der Waals surface area contributed by atoms with Crippen molar-refractivity contribution in [2.24, 2.45) is 5.14 Å². The predicted octanol–water partition coefficient (Wildman–Crippen LogP) is 2.95. The number of nitrogens with two attached hydrogens (primary N) is 1. The van der Waals surface area contributed by atoms with Crippen LogP contribution in [0.2, 0.25) is 0 Å². The Bertz CT molecular complexity index is 1150. The van der Waals surface area contributed by atoms with E-state index in [1.54, 1.807) is 29.7 Å². The smallest absolute Gasteiger partial charge is 0.238 e. The van der Waals surface area contributed by atoms with Gasteiger partial charge in [0.25, 0.3) is 0 Å². The Labute approximate surface area is 154 Å². The second kappa shape index (κ2) is 6.52. The van der Waals surface area contributed by atoms with Crippen molar-refractivity contribution in [2.75, 3.05) is 5.32 Å². The lowest BCUT2D eigenvalue weighted by Gasteiger charge is -2.04. The molecule has 0 saturated carbocycles. The summed E-state index contributed by atoms with van der Waals surface area (Å²) in [6, 6.07) is 12.4. The second-order valence-electron chi connectivity index (χ2n) is 5.70. The standard InChI is InChI=1S/C17H15N5O2S2/c18-26(23,24)13-4-1-11(2-5-13)10-20-17-21-14-6-3-12(9-15(14)22-17)16-19-7-8-25-16/h1-9H,10H2,(H2,18,23,24)(H2,20,21,22). The zero-order valence-corrected chi connectivity index (χ0v) is 15.1. The summed E-state index contributed by atoms with van der Waals surface area (Å²) in [4.78, 5) is 12.2. The van der Waals surface area contributed by atoms with Crippen LogP contribution in [0.4, 0.5) is 5.95 Å². The van der Waals surface area contributed by atoms with Crippen LogP contribution in [0.5, 0.6) is 0 Å². The number of thiazole rings is 1. The maximum Gasteiger partial charge on any atom is 0.238 e. The van der Waals surface area contributed by atoms with E-state index in [2.05, 4.69) is 20.3 Å². The third-order valence-electron chi connectivity index (χ3n) is 3.87. The van der Waals surface area contributed by atoms with Crippen LogP contribution in [0.25, 0.3) is 21.6 Å². The molecule has 0 unspecified atom stereocenters. The molecule has 0 spiro atoms. The first kappa shape index (κ1) is 16.7. The Morgan fingerprint density at radius 3 is 2.65 bits per heavy atom. The Balaban J connectivity index is 1.51. The van der Waals surface area contributed by atoms with Gasteiger partial charge in [-0.1, -0.05) is 12.1 Å². The van der Waals surface area contributed by atoms with E-state index in [-0.39, 0.29) is 4.90 Å². The summed E-state index contributed by atoms with van der Waals surface area (Å²) in [5.41, 5.74) is 3.74.